The van der Waals surface area contributed by atoms with E-state index < -0.39 is 0 Å². The number of carbonyl (C=O) groups is 2. The number of aromatic nitrogens is 2. The summed E-state index contributed by atoms with van der Waals surface area (Å²) in [6, 6.07) is 17.1. The highest BCUT2D eigenvalue weighted by molar-refractivity contribution is 6.05. The Morgan fingerprint density at radius 3 is 2.66 bits per heavy atom. The van der Waals surface area contributed by atoms with Crippen molar-refractivity contribution in [3.05, 3.63) is 77.1 Å². The van der Waals surface area contributed by atoms with Gasteiger partial charge in [-0.25, -0.2) is 4.68 Å². The van der Waals surface area contributed by atoms with Gasteiger partial charge in [-0.05, 0) is 56.2 Å². The molecule has 0 radical (unpaired) electrons. The molecule has 1 saturated heterocycles. The predicted molar refractivity (Wildman–Crippen MR) is 112 cm³/mol. The van der Waals surface area contributed by atoms with Crippen LogP contribution in [0.2, 0.25) is 0 Å². The van der Waals surface area contributed by atoms with E-state index in [0.29, 0.717) is 24.2 Å². The molecule has 2 amide bonds. The van der Waals surface area contributed by atoms with Crippen molar-refractivity contribution < 1.29 is 9.59 Å². The quantitative estimate of drug-likeness (QED) is 0.722. The number of hydrogen-bond donors (Lipinski definition) is 1. The summed E-state index contributed by atoms with van der Waals surface area (Å²) >= 11 is 0. The van der Waals surface area contributed by atoms with Crippen LogP contribution < -0.4 is 5.32 Å². The second-order valence-electron chi connectivity index (χ2n) is 7.43. The second-order valence-corrected chi connectivity index (χ2v) is 7.43. The Kier molecular flexibility index (Phi) is 5.16. The average molecular weight is 388 g/mol. The molecule has 0 unspecified atom stereocenters. The van der Waals surface area contributed by atoms with Crippen LogP contribution in [-0.2, 0) is 11.3 Å². The molecule has 0 spiro atoms. The van der Waals surface area contributed by atoms with Crippen LogP contribution in [0.25, 0.3) is 5.69 Å². The van der Waals surface area contributed by atoms with E-state index in [1.807, 2.05) is 72.0 Å². The number of likely N-dealkylation sites (tertiary alicyclic amines) is 1. The number of anilines is 1. The van der Waals surface area contributed by atoms with Crippen molar-refractivity contribution in [2.24, 2.45) is 0 Å². The van der Waals surface area contributed by atoms with E-state index in [9.17, 15) is 9.59 Å². The topological polar surface area (TPSA) is 67.2 Å². The zero-order valence-electron chi connectivity index (χ0n) is 16.7. The fraction of sp³-hybridized carbons (Fsp3) is 0.261. The lowest BCUT2D eigenvalue weighted by Crippen LogP contribution is -2.24. The van der Waals surface area contributed by atoms with E-state index in [0.717, 1.165) is 35.6 Å². The highest BCUT2D eigenvalue weighted by Crippen LogP contribution is 2.23. The van der Waals surface area contributed by atoms with Crippen molar-refractivity contribution in [2.45, 2.75) is 33.2 Å². The molecule has 4 rings (SSSR count). The van der Waals surface area contributed by atoms with E-state index >= 15 is 0 Å². The summed E-state index contributed by atoms with van der Waals surface area (Å²) in [5.74, 6) is -0.00718. The maximum absolute atomic E-state index is 12.9. The first-order valence-electron chi connectivity index (χ1n) is 9.82. The third-order valence-electron chi connectivity index (χ3n) is 5.12. The zero-order chi connectivity index (χ0) is 20.4. The molecule has 0 aliphatic carbocycles. The van der Waals surface area contributed by atoms with Gasteiger partial charge in [0.05, 0.1) is 17.1 Å². The van der Waals surface area contributed by atoms with E-state index in [1.54, 1.807) is 6.07 Å². The van der Waals surface area contributed by atoms with Crippen LogP contribution in [0.1, 0.15) is 40.2 Å². The van der Waals surface area contributed by atoms with E-state index in [1.165, 1.54) is 0 Å². The molecule has 0 saturated carbocycles. The molecule has 1 aliphatic heterocycles. The summed E-state index contributed by atoms with van der Waals surface area (Å²) in [7, 11) is 0. The molecule has 148 valence electrons. The molecule has 1 N–H and O–H groups in total. The highest BCUT2D eigenvalue weighted by Gasteiger charge is 2.20. The van der Waals surface area contributed by atoms with Crippen LogP contribution in [0, 0.1) is 13.8 Å². The summed E-state index contributed by atoms with van der Waals surface area (Å²) in [5.41, 5.74) is 4.97. The van der Waals surface area contributed by atoms with Gasteiger partial charge in [-0.15, -0.1) is 0 Å². The van der Waals surface area contributed by atoms with Gasteiger partial charge in [-0.3, -0.25) is 9.59 Å². The van der Waals surface area contributed by atoms with Gasteiger partial charge in [0.15, 0.2) is 0 Å². The number of benzene rings is 2. The number of nitrogens with one attached hydrogen (secondary N) is 1. The lowest BCUT2D eigenvalue weighted by molar-refractivity contribution is -0.128. The van der Waals surface area contributed by atoms with Gasteiger partial charge >= 0.3 is 0 Å². The monoisotopic (exact) mass is 388 g/mol. The predicted octanol–water partition coefficient (Wildman–Crippen LogP) is 3.86. The summed E-state index contributed by atoms with van der Waals surface area (Å²) in [6.45, 7) is 5.26. The molecular weight excluding hydrogens is 364 g/mol. The highest BCUT2D eigenvalue weighted by atomic mass is 16.2. The Balaban J connectivity index is 1.55. The van der Waals surface area contributed by atoms with Crippen LogP contribution in [0.3, 0.4) is 0 Å². The standard InChI is InChI=1S/C23H24N4O2/c1-16-13-17(2)27(25-16)21-10-4-3-9-20(21)24-23(29)19-8-5-7-18(14-19)15-26-12-6-11-22(26)28/h3-5,7-10,13-14H,6,11-12,15H2,1-2H3,(H,24,29). The number of aryl methyl sites for hydroxylation is 2. The summed E-state index contributed by atoms with van der Waals surface area (Å²) in [5, 5.41) is 7.54. The molecule has 3 aromatic rings. The fourth-order valence-corrected chi connectivity index (χ4v) is 3.73. The largest absolute Gasteiger partial charge is 0.338 e. The Morgan fingerprint density at radius 2 is 1.93 bits per heavy atom. The van der Waals surface area contributed by atoms with Crippen LogP contribution in [-0.4, -0.2) is 33.0 Å². The molecule has 0 atom stereocenters. The number of rotatable bonds is 5. The molecule has 1 fully saturated rings. The van der Waals surface area contributed by atoms with Crippen LogP contribution >= 0.6 is 0 Å². The van der Waals surface area contributed by atoms with Crippen molar-refractivity contribution in [3.63, 3.8) is 0 Å². The Hall–Kier alpha value is -3.41. The minimum Gasteiger partial charge on any atom is -0.338 e. The smallest absolute Gasteiger partial charge is 0.255 e. The van der Waals surface area contributed by atoms with Crippen molar-refractivity contribution in [2.75, 3.05) is 11.9 Å². The SMILES string of the molecule is Cc1cc(C)n(-c2ccccc2NC(=O)c2cccc(CN3CCCC3=O)c2)n1. The zero-order valence-corrected chi connectivity index (χ0v) is 16.7. The third-order valence-corrected chi connectivity index (χ3v) is 5.12. The van der Waals surface area contributed by atoms with Gasteiger partial charge in [0, 0.05) is 30.8 Å². The van der Waals surface area contributed by atoms with Crippen molar-refractivity contribution in [1.82, 2.24) is 14.7 Å². The maximum atomic E-state index is 12.9. The molecule has 2 aromatic carbocycles. The molecule has 6 heteroatoms. The van der Waals surface area contributed by atoms with Crippen LogP contribution in [0.4, 0.5) is 5.69 Å². The number of nitrogens with zero attached hydrogens (tertiary/aromatic N) is 3. The van der Waals surface area contributed by atoms with E-state index in [2.05, 4.69) is 10.4 Å². The van der Waals surface area contributed by atoms with Gasteiger partial charge in [0.1, 0.15) is 0 Å². The van der Waals surface area contributed by atoms with Gasteiger partial charge < -0.3 is 10.2 Å². The van der Waals surface area contributed by atoms with Gasteiger partial charge in [0.25, 0.3) is 5.91 Å². The second kappa shape index (κ2) is 7.91. The third kappa shape index (κ3) is 4.06. The fourth-order valence-electron chi connectivity index (χ4n) is 3.73. The molecule has 2 heterocycles. The van der Waals surface area contributed by atoms with E-state index in [-0.39, 0.29) is 11.8 Å². The van der Waals surface area contributed by atoms with Crippen LogP contribution in [0.15, 0.2) is 54.6 Å². The first kappa shape index (κ1) is 18.9. The number of hydrogen-bond acceptors (Lipinski definition) is 3. The van der Waals surface area contributed by atoms with Gasteiger partial charge in [-0.1, -0.05) is 24.3 Å². The van der Waals surface area contributed by atoms with Gasteiger partial charge in [0.2, 0.25) is 5.91 Å². The van der Waals surface area contributed by atoms with Crippen molar-refractivity contribution in [3.8, 4) is 5.69 Å². The van der Waals surface area contributed by atoms with Gasteiger partial charge in [-0.2, -0.15) is 5.10 Å². The number of para-hydroxylation sites is 2. The average Bonchev–Trinajstić information content (AvgIpc) is 3.26. The molecular formula is C23H24N4O2. The van der Waals surface area contributed by atoms with Crippen molar-refractivity contribution in [1.29, 1.82) is 0 Å². The minimum atomic E-state index is -0.187. The number of amides is 2. The number of carbonyl (C=O) groups excluding carboxylic acids is 2. The normalized spacial score (nSPS) is 13.7. The molecule has 6 nitrogen and oxygen atoms in total. The van der Waals surface area contributed by atoms with Crippen LogP contribution in [0.5, 0.6) is 0 Å². The Labute approximate surface area is 170 Å². The molecule has 0 bridgehead atoms. The molecule has 1 aliphatic rings. The molecule has 29 heavy (non-hydrogen) atoms. The Bertz CT molecular complexity index is 1070. The molecule has 1 aromatic heterocycles. The summed E-state index contributed by atoms with van der Waals surface area (Å²) in [4.78, 5) is 26.6. The van der Waals surface area contributed by atoms with Crippen molar-refractivity contribution >= 4 is 17.5 Å². The first-order valence-corrected chi connectivity index (χ1v) is 9.82. The minimum absolute atomic E-state index is 0.179. The Morgan fingerprint density at radius 1 is 1.10 bits per heavy atom. The maximum Gasteiger partial charge on any atom is 0.255 e. The first-order chi connectivity index (χ1) is 14.0. The lowest BCUT2D eigenvalue weighted by atomic mass is 10.1. The van der Waals surface area contributed by atoms with E-state index in [4.69, 9.17) is 0 Å². The summed E-state index contributed by atoms with van der Waals surface area (Å²) in [6.07, 6.45) is 1.52. The lowest BCUT2D eigenvalue weighted by Gasteiger charge is -2.16. The summed E-state index contributed by atoms with van der Waals surface area (Å²) < 4.78 is 1.83.